The van der Waals surface area contributed by atoms with Gasteiger partial charge in [-0.15, -0.1) is 0 Å². The molecule has 0 bridgehead atoms. The van der Waals surface area contributed by atoms with Crippen LogP contribution in [0, 0.1) is 29.5 Å². The summed E-state index contributed by atoms with van der Waals surface area (Å²) in [4.78, 5) is 59.7. The molecule has 52 heavy (non-hydrogen) atoms. The van der Waals surface area contributed by atoms with Crippen molar-refractivity contribution in [3.63, 3.8) is 0 Å². The van der Waals surface area contributed by atoms with E-state index in [1.165, 1.54) is 35.2 Å². The molecule has 4 aromatic rings. The summed E-state index contributed by atoms with van der Waals surface area (Å²) in [7, 11) is 0. The van der Waals surface area contributed by atoms with Gasteiger partial charge in [0.2, 0.25) is 11.8 Å². The monoisotopic (exact) mass is 719 g/mol. The number of amides is 4. The minimum Gasteiger partial charge on any atom is -0.504 e. The molecule has 4 amide bonds. The summed E-state index contributed by atoms with van der Waals surface area (Å²) in [5.74, 6) is -5.69. The Kier molecular flexibility index (Phi) is 8.37. The number of imide groups is 2. The second-order valence-electron chi connectivity index (χ2n) is 13.8. The molecule has 0 radical (unpaired) electrons. The van der Waals surface area contributed by atoms with Crippen molar-refractivity contribution in [1.29, 1.82) is 0 Å². The molecule has 2 N–H and O–H groups in total. The first-order valence-corrected chi connectivity index (χ1v) is 17.7. The predicted octanol–water partition coefficient (Wildman–Crippen LogP) is 6.77. The van der Waals surface area contributed by atoms with Crippen LogP contribution in [0.4, 0.5) is 10.1 Å². The lowest BCUT2D eigenvalue weighted by molar-refractivity contribution is -0.142. The molecule has 8 rings (SSSR count). The number of benzene rings is 4. The number of nitrogens with zero attached hydrogens (tertiary/aromatic N) is 2. The molecule has 2 aliphatic carbocycles. The molecule has 3 fully saturated rings. The van der Waals surface area contributed by atoms with Crippen LogP contribution in [0.15, 0.2) is 109 Å². The average Bonchev–Trinajstić information content (AvgIpc) is 3.51. The van der Waals surface area contributed by atoms with E-state index in [9.17, 15) is 23.9 Å². The van der Waals surface area contributed by atoms with Gasteiger partial charge in [0, 0.05) is 10.9 Å². The Bertz CT molecular complexity index is 2120. The second kappa shape index (κ2) is 12.9. The van der Waals surface area contributed by atoms with Gasteiger partial charge < -0.3 is 9.84 Å². The number of ether oxygens (including phenoxy) is 1. The summed E-state index contributed by atoms with van der Waals surface area (Å²) >= 11 is 6.37. The molecular weight excluding hydrogens is 685 g/mol. The second-order valence-corrected chi connectivity index (χ2v) is 14.2. The van der Waals surface area contributed by atoms with Crippen molar-refractivity contribution in [2.45, 2.75) is 37.6 Å². The number of carbonyl (C=O) groups excluding carboxylic acids is 4. The van der Waals surface area contributed by atoms with E-state index in [2.05, 4.69) is 5.43 Å². The van der Waals surface area contributed by atoms with Gasteiger partial charge in [-0.2, -0.15) is 5.01 Å². The van der Waals surface area contributed by atoms with Crippen molar-refractivity contribution in [2.75, 3.05) is 12.0 Å². The highest BCUT2D eigenvalue weighted by atomic mass is 35.5. The third-order valence-electron chi connectivity index (χ3n) is 11.1. The predicted molar refractivity (Wildman–Crippen MR) is 190 cm³/mol. The third kappa shape index (κ3) is 5.19. The molecule has 1 saturated carbocycles. The van der Waals surface area contributed by atoms with Crippen LogP contribution < -0.4 is 10.2 Å². The van der Waals surface area contributed by atoms with Gasteiger partial charge in [0.15, 0.2) is 11.5 Å². The molecule has 2 aliphatic heterocycles. The maximum Gasteiger partial charge on any atom is 0.260 e. The van der Waals surface area contributed by atoms with Crippen LogP contribution in [-0.2, 0) is 31.1 Å². The van der Waals surface area contributed by atoms with Gasteiger partial charge in [-0.3, -0.25) is 29.5 Å². The number of hydrazine groups is 1. The van der Waals surface area contributed by atoms with Gasteiger partial charge in [-0.25, -0.2) is 4.39 Å². The summed E-state index contributed by atoms with van der Waals surface area (Å²) in [5, 5.41) is 12.2. The Morgan fingerprint density at radius 3 is 2.35 bits per heavy atom. The topological polar surface area (TPSA) is 116 Å². The first kappa shape index (κ1) is 33.7. The zero-order valence-electron chi connectivity index (χ0n) is 28.2. The number of nitrogens with one attached hydrogen (secondary N) is 1. The molecule has 264 valence electrons. The van der Waals surface area contributed by atoms with E-state index in [0.29, 0.717) is 21.8 Å². The Hall–Kier alpha value is -5.48. The van der Waals surface area contributed by atoms with Crippen molar-refractivity contribution in [3.8, 4) is 11.5 Å². The number of fused-ring (bicyclic) bond motifs is 4. The van der Waals surface area contributed by atoms with E-state index in [0.717, 1.165) is 16.1 Å². The Labute approximate surface area is 304 Å². The molecule has 2 saturated heterocycles. The number of phenolic OH excluding ortho intramolecular Hbond substituents is 1. The van der Waals surface area contributed by atoms with Crippen LogP contribution in [0.1, 0.15) is 42.4 Å². The van der Waals surface area contributed by atoms with Crippen molar-refractivity contribution in [3.05, 3.63) is 136 Å². The van der Waals surface area contributed by atoms with Crippen LogP contribution in [0.2, 0.25) is 5.02 Å². The normalized spacial score (nSPS) is 26.5. The fourth-order valence-corrected chi connectivity index (χ4v) is 9.12. The highest BCUT2D eigenvalue weighted by Crippen LogP contribution is 2.64. The molecule has 4 aliphatic rings. The lowest BCUT2D eigenvalue weighted by atomic mass is 9.49. The highest BCUT2D eigenvalue weighted by molar-refractivity contribution is 6.30. The number of carbonyl (C=O) groups is 4. The fraction of sp³-hybridized carbons (Fsp3) is 0.268. The molecule has 9 nitrogen and oxygen atoms in total. The van der Waals surface area contributed by atoms with E-state index in [1.54, 1.807) is 43.3 Å². The highest BCUT2D eigenvalue weighted by Gasteiger charge is 2.70. The van der Waals surface area contributed by atoms with E-state index in [1.807, 2.05) is 36.4 Å². The van der Waals surface area contributed by atoms with Gasteiger partial charge in [-0.05, 0) is 90.9 Å². The Balaban J connectivity index is 1.31. The lowest BCUT2D eigenvalue weighted by Crippen LogP contribution is -2.53. The maximum atomic E-state index is 15.3. The number of aromatic hydroxyl groups is 1. The summed E-state index contributed by atoms with van der Waals surface area (Å²) in [5.41, 5.74) is 4.47. The maximum absolute atomic E-state index is 15.3. The summed E-state index contributed by atoms with van der Waals surface area (Å²) in [6, 6.07) is 26.4. The summed E-state index contributed by atoms with van der Waals surface area (Å²) in [6.07, 6.45) is 2.37. The van der Waals surface area contributed by atoms with Gasteiger partial charge in [0.25, 0.3) is 11.8 Å². The zero-order chi connectivity index (χ0) is 36.3. The van der Waals surface area contributed by atoms with Crippen LogP contribution in [0.5, 0.6) is 11.5 Å². The number of allylic oxidation sites excluding steroid dienone is 2. The minimum absolute atomic E-state index is 0.0886. The number of hydrogen-bond acceptors (Lipinski definition) is 7. The first-order chi connectivity index (χ1) is 25.1. The van der Waals surface area contributed by atoms with Crippen molar-refractivity contribution in [1.82, 2.24) is 9.91 Å². The Morgan fingerprint density at radius 2 is 1.63 bits per heavy atom. The van der Waals surface area contributed by atoms with E-state index < -0.39 is 52.6 Å². The molecule has 6 atom stereocenters. The number of halogens is 2. The number of anilines is 1. The van der Waals surface area contributed by atoms with Crippen molar-refractivity contribution < 1.29 is 33.4 Å². The third-order valence-corrected chi connectivity index (χ3v) is 11.4. The quantitative estimate of drug-likeness (QED) is 0.153. The molecule has 4 aromatic carbocycles. The van der Waals surface area contributed by atoms with Gasteiger partial charge in [0.05, 0.1) is 42.0 Å². The van der Waals surface area contributed by atoms with Crippen LogP contribution in [0.25, 0.3) is 0 Å². The molecule has 11 heteroatoms. The first-order valence-electron chi connectivity index (χ1n) is 17.3. The smallest absolute Gasteiger partial charge is 0.260 e. The summed E-state index contributed by atoms with van der Waals surface area (Å²) in [6.45, 7) is 2.19. The standard InChI is InChI=1S/C41H35ClFN3O6/c1-2-52-34-20-24(8-19-33(34)47)36-29-17-18-30-35(39(50)45(37(30)48)22-23-6-4-3-5-7-23)31(29)21-32-38(49)46(44-28-15-13-27(43)14-16-28)40(51)41(32,36)25-9-11-26(42)12-10-25/h3-17,19-20,30-32,35-36,44,47H,2,18,21-22H2,1H3. The summed E-state index contributed by atoms with van der Waals surface area (Å²) < 4.78 is 19.7. The number of hydrogen-bond donors (Lipinski definition) is 2. The van der Waals surface area contributed by atoms with E-state index in [-0.39, 0.29) is 49.3 Å². The van der Waals surface area contributed by atoms with Gasteiger partial charge in [-0.1, -0.05) is 71.8 Å². The number of rotatable bonds is 8. The van der Waals surface area contributed by atoms with Gasteiger partial charge >= 0.3 is 0 Å². The average molecular weight is 720 g/mol. The van der Waals surface area contributed by atoms with Gasteiger partial charge in [0.1, 0.15) is 5.82 Å². The Morgan fingerprint density at radius 1 is 0.904 bits per heavy atom. The van der Waals surface area contributed by atoms with Crippen LogP contribution >= 0.6 is 11.6 Å². The lowest BCUT2D eigenvalue weighted by Gasteiger charge is -2.50. The van der Waals surface area contributed by atoms with E-state index in [4.69, 9.17) is 16.3 Å². The largest absolute Gasteiger partial charge is 0.504 e. The molecule has 0 spiro atoms. The van der Waals surface area contributed by atoms with Crippen molar-refractivity contribution in [2.24, 2.45) is 23.7 Å². The SMILES string of the molecule is CCOc1cc(C2C3=CCC4C(=O)N(Cc5ccccc5)C(=O)C4C3CC3C(=O)N(Nc4ccc(F)cc4)C(=O)C32c2ccc(Cl)cc2)ccc1O. The molecule has 6 unspecified atom stereocenters. The minimum atomic E-state index is -1.54. The van der Waals surface area contributed by atoms with Crippen molar-refractivity contribution >= 4 is 40.9 Å². The molecule has 2 heterocycles. The van der Waals surface area contributed by atoms with Crippen LogP contribution in [-0.4, -0.2) is 45.3 Å². The molecule has 0 aromatic heterocycles. The number of likely N-dealkylation sites (tertiary alicyclic amines) is 1. The molecular formula is C41H35ClFN3O6. The van der Waals surface area contributed by atoms with E-state index >= 15 is 4.79 Å². The number of phenols is 1. The fourth-order valence-electron chi connectivity index (χ4n) is 9.00. The zero-order valence-corrected chi connectivity index (χ0v) is 28.9. The van der Waals surface area contributed by atoms with Crippen LogP contribution in [0.3, 0.4) is 0 Å².